The van der Waals surface area contributed by atoms with Crippen molar-refractivity contribution in [1.29, 1.82) is 0 Å². The van der Waals surface area contributed by atoms with E-state index in [0.717, 1.165) is 5.56 Å². The lowest BCUT2D eigenvalue weighted by atomic mass is 10.1. The Morgan fingerprint density at radius 1 is 1.10 bits per heavy atom. The third-order valence-electron chi connectivity index (χ3n) is 4.91. The van der Waals surface area contributed by atoms with Crippen molar-refractivity contribution in [1.82, 2.24) is 9.62 Å². The number of benzene rings is 2. The summed E-state index contributed by atoms with van der Waals surface area (Å²) in [5, 5.41) is 0. The molecular weight excluding hydrogens is 412 g/mol. The van der Waals surface area contributed by atoms with Crippen molar-refractivity contribution in [2.24, 2.45) is 0 Å². The number of nitrogens with zero attached hydrogens (tertiary/aromatic N) is 1. The molecule has 1 fully saturated rings. The second kappa shape index (κ2) is 8.50. The van der Waals surface area contributed by atoms with Gasteiger partial charge in [-0.2, -0.15) is 0 Å². The molecule has 1 N–H and O–H groups in total. The van der Waals surface area contributed by atoms with Crippen LogP contribution in [0.25, 0.3) is 0 Å². The first kappa shape index (κ1) is 20.5. The van der Waals surface area contributed by atoms with Gasteiger partial charge < -0.3 is 23.8 Å². The largest absolute Gasteiger partial charge is 0.496 e. The van der Waals surface area contributed by atoms with E-state index in [1.165, 1.54) is 25.3 Å². The maximum atomic E-state index is 12.9. The van der Waals surface area contributed by atoms with Crippen LogP contribution in [0.2, 0.25) is 0 Å². The molecule has 2 aliphatic rings. The van der Waals surface area contributed by atoms with E-state index in [9.17, 15) is 13.2 Å². The number of nitrogens with one attached hydrogen (secondary N) is 1. The Morgan fingerprint density at radius 2 is 1.87 bits per heavy atom. The van der Waals surface area contributed by atoms with Crippen molar-refractivity contribution in [3.8, 4) is 17.2 Å². The molecule has 2 aromatic rings. The average molecular weight is 434 g/mol. The highest BCUT2D eigenvalue weighted by Gasteiger charge is 2.25. The Labute approximate surface area is 174 Å². The zero-order valence-electron chi connectivity index (χ0n) is 16.4. The highest BCUT2D eigenvalue weighted by atomic mass is 32.2. The van der Waals surface area contributed by atoms with E-state index in [0.29, 0.717) is 43.6 Å². The molecule has 0 bridgehead atoms. The summed E-state index contributed by atoms with van der Waals surface area (Å²) in [4.78, 5) is 14.5. The Kier molecular flexibility index (Phi) is 5.80. The molecule has 160 valence electrons. The molecule has 0 aliphatic carbocycles. The minimum absolute atomic E-state index is 0.0133. The van der Waals surface area contributed by atoms with Crippen LogP contribution in [0.15, 0.2) is 41.3 Å². The van der Waals surface area contributed by atoms with Crippen molar-refractivity contribution in [3.05, 3.63) is 47.5 Å². The van der Waals surface area contributed by atoms with Crippen LogP contribution in [0.5, 0.6) is 17.2 Å². The molecule has 0 spiro atoms. The van der Waals surface area contributed by atoms with E-state index in [2.05, 4.69) is 4.72 Å². The van der Waals surface area contributed by atoms with Gasteiger partial charge in [0.05, 0.1) is 30.8 Å². The van der Waals surface area contributed by atoms with E-state index < -0.39 is 10.0 Å². The molecule has 10 heteroatoms. The van der Waals surface area contributed by atoms with Crippen LogP contribution < -0.4 is 18.9 Å². The number of rotatable bonds is 6. The van der Waals surface area contributed by atoms with Crippen LogP contribution in [0, 0.1) is 0 Å². The maximum absolute atomic E-state index is 12.9. The molecule has 4 rings (SSSR count). The number of sulfonamides is 1. The molecule has 0 unspecified atom stereocenters. The molecule has 9 nitrogen and oxygen atoms in total. The molecule has 1 saturated heterocycles. The van der Waals surface area contributed by atoms with Gasteiger partial charge in [0, 0.05) is 19.6 Å². The molecule has 30 heavy (non-hydrogen) atoms. The summed E-state index contributed by atoms with van der Waals surface area (Å²) in [6, 6.07) is 9.47. The van der Waals surface area contributed by atoms with Crippen LogP contribution in [0.4, 0.5) is 0 Å². The number of morpholine rings is 1. The lowest BCUT2D eigenvalue weighted by Crippen LogP contribution is -2.40. The van der Waals surface area contributed by atoms with E-state index in [-0.39, 0.29) is 29.7 Å². The van der Waals surface area contributed by atoms with Crippen molar-refractivity contribution < 1.29 is 32.2 Å². The molecular formula is C20H22N2O7S. The van der Waals surface area contributed by atoms with Gasteiger partial charge >= 0.3 is 0 Å². The number of ether oxygens (including phenoxy) is 4. The van der Waals surface area contributed by atoms with Gasteiger partial charge in [-0.25, -0.2) is 13.1 Å². The third-order valence-corrected chi connectivity index (χ3v) is 6.31. The molecule has 2 aromatic carbocycles. The molecule has 2 heterocycles. The fourth-order valence-corrected chi connectivity index (χ4v) is 4.31. The summed E-state index contributed by atoms with van der Waals surface area (Å²) in [6.45, 7) is 2.00. The van der Waals surface area contributed by atoms with Crippen LogP contribution in [0.1, 0.15) is 15.9 Å². The fraction of sp³-hybridized carbons (Fsp3) is 0.350. The first-order valence-electron chi connectivity index (χ1n) is 9.41. The van der Waals surface area contributed by atoms with E-state index >= 15 is 0 Å². The molecule has 0 radical (unpaired) electrons. The Bertz CT molecular complexity index is 1050. The number of hydrogen-bond donors (Lipinski definition) is 1. The van der Waals surface area contributed by atoms with Gasteiger partial charge in [0.15, 0.2) is 11.5 Å². The standard InChI is InChI=1S/C20H22N2O7S/c1-26-17-5-3-15(11-16(17)20(23)22-6-8-27-9-7-22)30(24,25)21-12-14-2-4-18-19(10-14)29-13-28-18/h2-5,10-11,21H,6-9,12-13H2,1H3. The minimum Gasteiger partial charge on any atom is -0.496 e. The van der Waals surface area contributed by atoms with E-state index in [1.54, 1.807) is 23.1 Å². The topological polar surface area (TPSA) is 103 Å². The van der Waals surface area contributed by atoms with Gasteiger partial charge in [0.2, 0.25) is 16.8 Å². The first-order valence-corrected chi connectivity index (χ1v) is 10.9. The van der Waals surface area contributed by atoms with Gasteiger partial charge in [0.25, 0.3) is 5.91 Å². The third kappa shape index (κ3) is 4.20. The summed E-state index contributed by atoms with van der Waals surface area (Å²) in [5.74, 6) is 1.24. The van der Waals surface area contributed by atoms with Gasteiger partial charge in [-0.15, -0.1) is 0 Å². The lowest BCUT2D eigenvalue weighted by Gasteiger charge is -2.27. The minimum atomic E-state index is -3.86. The molecule has 0 saturated carbocycles. The summed E-state index contributed by atoms with van der Waals surface area (Å²) in [6.07, 6.45) is 0. The van der Waals surface area contributed by atoms with Crippen molar-refractivity contribution in [2.45, 2.75) is 11.4 Å². The number of fused-ring (bicyclic) bond motifs is 1. The maximum Gasteiger partial charge on any atom is 0.257 e. The first-order chi connectivity index (χ1) is 14.5. The van der Waals surface area contributed by atoms with Crippen LogP contribution in [-0.2, 0) is 21.3 Å². The Hall–Kier alpha value is -2.82. The van der Waals surface area contributed by atoms with Crippen molar-refractivity contribution in [3.63, 3.8) is 0 Å². The number of amides is 1. The zero-order chi connectivity index (χ0) is 21.1. The molecule has 0 atom stereocenters. The lowest BCUT2D eigenvalue weighted by molar-refractivity contribution is 0.0300. The second-order valence-electron chi connectivity index (χ2n) is 6.78. The average Bonchev–Trinajstić information content (AvgIpc) is 3.25. The summed E-state index contributed by atoms with van der Waals surface area (Å²) >= 11 is 0. The van der Waals surface area contributed by atoms with Gasteiger partial charge in [-0.1, -0.05) is 6.07 Å². The van der Waals surface area contributed by atoms with Crippen LogP contribution >= 0.6 is 0 Å². The highest BCUT2D eigenvalue weighted by Crippen LogP contribution is 2.32. The predicted molar refractivity (Wildman–Crippen MR) is 106 cm³/mol. The fourth-order valence-electron chi connectivity index (χ4n) is 3.27. The van der Waals surface area contributed by atoms with Crippen LogP contribution in [0.3, 0.4) is 0 Å². The Morgan fingerprint density at radius 3 is 2.63 bits per heavy atom. The smallest absolute Gasteiger partial charge is 0.257 e. The highest BCUT2D eigenvalue weighted by molar-refractivity contribution is 7.89. The van der Waals surface area contributed by atoms with Crippen molar-refractivity contribution >= 4 is 15.9 Å². The Balaban J connectivity index is 1.53. The zero-order valence-corrected chi connectivity index (χ0v) is 17.2. The SMILES string of the molecule is COc1ccc(S(=O)(=O)NCc2ccc3c(c2)OCO3)cc1C(=O)N1CCOCC1. The van der Waals surface area contributed by atoms with Gasteiger partial charge in [-0.3, -0.25) is 4.79 Å². The number of carbonyl (C=O) groups is 1. The number of carbonyl (C=O) groups excluding carboxylic acids is 1. The van der Waals surface area contributed by atoms with Crippen molar-refractivity contribution in [2.75, 3.05) is 40.2 Å². The summed E-state index contributed by atoms with van der Waals surface area (Å²) < 4.78 is 49.4. The number of methoxy groups -OCH3 is 1. The van der Waals surface area contributed by atoms with Gasteiger partial charge in [0.1, 0.15) is 5.75 Å². The molecule has 2 aliphatic heterocycles. The second-order valence-corrected chi connectivity index (χ2v) is 8.55. The van der Waals surface area contributed by atoms with Gasteiger partial charge in [-0.05, 0) is 35.9 Å². The van der Waals surface area contributed by atoms with Crippen LogP contribution in [-0.4, -0.2) is 59.4 Å². The predicted octanol–water partition coefficient (Wildman–Crippen LogP) is 1.37. The summed E-state index contributed by atoms with van der Waals surface area (Å²) in [5.41, 5.74) is 0.923. The quantitative estimate of drug-likeness (QED) is 0.733. The summed E-state index contributed by atoms with van der Waals surface area (Å²) in [7, 11) is -2.42. The monoisotopic (exact) mass is 434 g/mol. The van der Waals surface area contributed by atoms with E-state index in [4.69, 9.17) is 18.9 Å². The normalized spacial score (nSPS) is 15.8. The molecule has 1 amide bonds. The molecule has 0 aromatic heterocycles. The van der Waals surface area contributed by atoms with E-state index in [1.807, 2.05) is 0 Å². The number of hydrogen-bond acceptors (Lipinski definition) is 7.